The van der Waals surface area contributed by atoms with Crippen LogP contribution in [-0.4, -0.2) is 49.2 Å². The third-order valence-electron chi connectivity index (χ3n) is 4.13. The highest BCUT2D eigenvalue weighted by molar-refractivity contribution is 7.18. The maximum absolute atomic E-state index is 13.1. The molecule has 3 aromatic rings. The molecule has 2 aromatic heterocycles. The summed E-state index contributed by atoms with van der Waals surface area (Å²) in [6, 6.07) is 3.10. The number of nitrogens with zero attached hydrogens (tertiary/aromatic N) is 3. The number of methoxy groups -OCH3 is 2. The van der Waals surface area contributed by atoms with E-state index in [1.54, 1.807) is 18.4 Å². The molecule has 0 spiro atoms. The van der Waals surface area contributed by atoms with Crippen molar-refractivity contribution in [2.45, 2.75) is 6.92 Å². The molecule has 0 radical (unpaired) electrons. The van der Waals surface area contributed by atoms with Crippen molar-refractivity contribution < 1.29 is 23.8 Å². The van der Waals surface area contributed by atoms with Crippen LogP contribution in [0.1, 0.15) is 17.3 Å². The fraction of sp³-hybridized carbons (Fsp3) is 0.263. The first-order valence-corrected chi connectivity index (χ1v) is 10.5. The number of anilines is 2. The molecule has 31 heavy (non-hydrogen) atoms. The van der Waals surface area contributed by atoms with Gasteiger partial charge in [0.15, 0.2) is 0 Å². The summed E-state index contributed by atoms with van der Waals surface area (Å²) in [5.41, 5.74) is 0.820. The van der Waals surface area contributed by atoms with Crippen molar-refractivity contribution in [3.05, 3.63) is 34.4 Å². The van der Waals surface area contributed by atoms with Crippen LogP contribution in [0.25, 0.3) is 10.2 Å². The van der Waals surface area contributed by atoms with Crippen molar-refractivity contribution in [2.75, 3.05) is 37.1 Å². The molecular formula is C19H18Cl2N4O5S. The van der Waals surface area contributed by atoms with E-state index in [0.29, 0.717) is 27.5 Å². The van der Waals surface area contributed by atoms with Crippen LogP contribution >= 0.6 is 34.7 Å². The standard InChI is InChI=1S/C19H18Cl2N4O5S/c1-4-30-14(26)7-22-18-17-16(23-9-24-18)11(8-31-17)19(27)25(21)12-5-10(28-2)6-13(29-3)15(12)20/h5-6,8-9H,4,7H2,1-3H3,(H,22,23,24). The Labute approximate surface area is 191 Å². The smallest absolute Gasteiger partial charge is 0.325 e. The summed E-state index contributed by atoms with van der Waals surface area (Å²) in [5, 5.41) is 4.66. The number of amides is 1. The zero-order chi connectivity index (χ0) is 22.5. The fourth-order valence-electron chi connectivity index (χ4n) is 2.68. The van der Waals surface area contributed by atoms with Gasteiger partial charge in [-0.05, 0) is 6.92 Å². The summed E-state index contributed by atoms with van der Waals surface area (Å²) in [6.45, 7) is 1.93. The summed E-state index contributed by atoms with van der Waals surface area (Å²) < 4.78 is 16.8. The number of aromatic nitrogens is 2. The lowest BCUT2D eigenvalue weighted by molar-refractivity contribution is -0.140. The van der Waals surface area contributed by atoms with Crippen LogP contribution in [0.2, 0.25) is 5.02 Å². The second-order valence-corrected chi connectivity index (χ2v) is 7.55. The van der Waals surface area contributed by atoms with Crippen LogP contribution in [0, 0.1) is 0 Å². The van der Waals surface area contributed by atoms with Crippen LogP contribution in [-0.2, 0) is 9.53 Å². The van der Waals surface area contributed by atoms with Gasteiger partial charge in [-0.25, -0.2) is 14.4 Å². The van der Waals surface area contributed by atoms with Gasteiger partial charge in [0, 0.05) is 29.3 Å². The summed E-state index contributed by atoms with van der Waals surface area (Å²) in [4.78, 5) is 33.1. The molecule has 1 N–H and O–H groups in total. The molecule has 0 aliphatic carbocycles. The van der Waals surface area contributed by atoms with E-state index in [1.807, 2.05) is 0 Å². The minimum atomic E-state index is -0.555. The topological polar surface area (TPSA) is 103 Å². The van der Waals surface area contributed by atoms with Gasteiger partial charge in [0.05, 0.1) is 42.3 Å². The van der Waals surface area contributed by atoms with E-state index in [4.69, 9.17) is 37.6 Å². The van der Waals surface area contributed by atoms with Gasteiger partial charge in [-0.3, -0.25) is 9.59 Å². The lowest BCUT2D eigenvalue weighted by atomic mass is 10.2. The first-order valence-electron chi connectivity index (χ1n) is 8.94. The molecule has 0 aliphatic heterocycles. The lowest BCUT2D eigenvalue weighted by Gasteiger charge is -2.18. The van der Waals surface area contributed by atoms with Gasteiger partial charge in [0.1, 0.15) is 35.2 Å². The minimum absolute atomic E-state index is 0.0675. The van der Waals surface area contributed by atoms with E-state index in [0.717, 1.165) is 4.42 Å². The monoisotopic (exact) mass is 484 g/mol. The van der Waals surface area contributed by atoms with Crippen molar-refractivity contribution >= 4 is 68.3 Å². The Hall–Kier alpha value is -2.82. The molecule has 0 atom stereocenters. The SMILES string of the molecule is CCOC(=O)CNc1ncnc2c(C(=O)N(Cl)c3cc(OC)cc(OC)c3Cl)csc12. The molecule has 164 valence electrons. The molecule has 0 unspecified atom stereocenters. The first-order chi connectivity index (χ1) is 14.9. The number of carbonyl (C=O) groups is 2. The Morgan fingerprint density at radius 1 is 1.23 bits per heavy atom. The van der Waals surface area contributed by atoms with Crippen molar-refractivity contribution in [1.29, 1.82) is 0 Å². The third kappa shape index (κ3) is 4.76. The average Bonchev–Trinajstić information content (AvgIpc) is 3.21. The number of thiophene rings is 1. The number of hydrogen-bond acceptors (Lipinski definition) is 9. The van der Waals surface area contributed by atoms with E-state index in [2.05, 4.69) is 15.3 Å². The zero-order valence-electron chi connectivity index (χ0n) is 16.8. The van der Waals surface area contributed by atoms with Gasteiger partial charge in [-0.2, -0.15) is 0 Å². The molecule has 0 bridgehead atoms. The zero-order valence-corrected chi connectivity index (χ0v) is 19.1. The quantitative estimate of drug-likeness (QED) is 0.375. The Kier molecular flexibility index (Phi) is 7.37. The largest absolute Gasteiger partial charge is 0.497 e. The van der Waals surface area contributed by atoms with Crippen LogP contribution in [0.3, 0.4) is 0 Å². The van der Waals surface area contributed by atoms with Gasteiger partial charge in [-0.15, -0.1) is 11.3 Å². The summed E-state index contributed by atoms with van der Waals surface area (Å²) in [5.74, 6) is 0.148. The fourth-order valence-corrected chi connectivity index (χ4v) is 4.18. The molecule has 12 heteroatoms. The molecule has 2 heterocycles. The molecule has 0 fully saturated rings. The maximum Gasteiger partial charge on any atom is 0.325 e. The molecular weight excluding hydrogens is 467 g/mol. The molecule has 0 saturated heterocycles. The second-order valence-electron chi connectivity index (χ2n) is 5.96. The number of hydrogen-bond donors (Lipinski definition) is 1. The van der Waals surface area contributed by atoms with Crippen molar-refractivity contribution in [2.24, 2.45) is 0 Å². The van der Waals surface area contributed by atoms with Gasteiger partial charge < -0.3 is 19.5 Å². The van der Waals surface area contributed by atoms with Crippen LogP contribution < -0.4 is 19.2 Å². The number of nitrogens with one attached hydrogen (secondary N) is 1. The predicted octanol–water partition coefficient (Wildman–Crippen LogP) is 4.14. The van der Waals surface area contributed by atoms with Crippen molar-refractivity contribution in [3.63, 3.8) is 0 Å². The molecule has 3 rings (SSSR count). The highest BCUT2D eigenvalue weighted by atomic mass is 35.5. The third-order valence-corrected chi connectivity index (χ3v) is 5.82. The molecule has 0 aliphatic rings. The predicted molar refractivity (Wildman–Crippen MR) is 120 cm³/mol. The number of ether oxygens (including phenoxy) is 3. The van der Waals surface area contributed by atoms with E-state index < -0.39 is 11.9 Å². The van der Waals surface area contributed by atoms with Crippen molar-refractivity contribution in [3.8, 4) is 11.5 Å². The van der Waals surface area contributed by atoms with Gasteiger partial charge in [0.25, 0.3) is 5.91 Å². The first kappa shape index (κ1) is 22.9. The Balaban J connectivity index is 1.93. The number of carbonyl (C=O) groups excluding carboxylic acids is 2. The molecule has 1 aromatic carbocycles. The molecule has 9 nitrogen and oxygen atoms in total. The Morgan fingerprint density at radius 2 is 2.00 bits per heavy atom. The maximum atomic E-state index is 13.1. The number of halogens is 2. The Bertz CT molecular complexity index is 1120. The van der Waals surface area contributed by atoms with E-state index in [9.17, 15) is 9.59 Å². The average molecular weight is 485 g/mol. The van der Waals surface area contributed by atoms with E-state index in [1.165, 1.54) is 38.0 Å². The van der Waals surface area contributed by atoms with Gasteiger partial charge in [0.2, 0.25) is 0 Å². The van der Waals surface area contributed by atoms with E-state index in [-0.39, 0.29) is 29.4 Å². The second kappa shape index (κ2) is 9.99. The Morgan fingerprint density at radius 3 is 2.68 bits per heavy atom. The summed E-state index contributed by atoms with van der Waals surface area (Å²) in [6.07, 6.45) is 1.29. The summed E-state index contributed by atoms with van der Waals surface area (Å²) >= 11 is 13.9. The highest BCUT2D eigenvalue weighted by Crippen LogP contribution is 2.41. The number of esters is 1. The number of fused-ring (bicyclic) bond motifs is 1. The van der Waals surface area contributed by atoms with E-state index >= 15 is 0 Å². The number of benzene rings is 1. The summed E-state index contributed by atoms with van der Waals surface area (Å²) in [7, 11) is 2.92. The van der Waals surface area contributed by atoms with Crippen LogP contribution in [0.4, 0.5) is 11.5 Å². The van der Waals surface area contributed by atoms with Crippen molar-refractivity contribution in [1.82, 2.24) is 9.97 Å². The van der Waals surface area contributed by atoms with Crippen LogP contribution in [0.5, 0.6) is 11.5 Å². The van der Waals surface area contributed by atoms with Gasteiger partial charge >= 0.3 is 5.97 Å². The lowest BCUT2D eigenvalue weighted by Crippen LogP contribution is -2.21. The molecule has 0 saturated carbocycles. The molecule has 1 amide bonds. The highest BCUT2D eigenvalue weighted by Gasteiger charge is 2.25. The van der Waals surface area contributed by atoms with Gasteiger partial charge in [-0.1, -0.05) is 11.6 Å². The number of rotatable bonds is 8. The minimum Gasteiger partial charge on any atom is -0.497 e. The normalized spacial score (nSPS) is 10.6. The van der Waals surface area contributed by atoms with Crippen LogP contribution in [0.15, 0.2) is 23.8 Å².